The first-order valence-corrected chi connectivity index (χ1v) is 7.65. The van der Waals surface area contributed by atoms with Crippen LogP contribution < -0.4 is 0 Å². The lowest BCUT2D eigenvalue weighted by molar-refractivity contribution is 0.835. The highest BCUT2D eigenvalue weighted by atomic mass is 35.5. The number of imidazole rings is 1. The Kier molecular flexibility index (Phi) is 4.62. The Morgan fingerprint density at radius 1 is 0.955 bits per heavy atom. The molecule has 0 spiro atoms. The van der Waals surface area contributed by atoms with Gasteiger partial charge in [0.05, 0.1) is 17.9 Å². The zero-order valence-corrected chi connectivity index (χ0v) is 13.3. The summed E-state index contributed by atoms with van der Waals surface area (Å²) in [7, 11) is 0. The van der Waals surface area contributed by atoms with Gasteiger partial charge in [-0.25, -0.2) is 4.98 Å². The summed E-state index contributed by atoms with van der Waals surface area (Å²) in [5.74, 6) is 0. The lowest BCUT2D eigenvalue weighted by Crippen LogP contribution is -2.00. The third kappa shape index (κ3) is 3.41. The van der Waals surface area contributed by atoms with Crippen molar-refractivity contribution in [3.8, 4) is 0 Å². The molecule has 0 radical (unpaired) electrons. The van der Waals surface area contributed by atoms with Crippen LogP contribution in [0.15, 0.2) is 73.3 Å². The molecule has 0 N–H and O–H groups in total. The van der Waals surface area contributed by atoms with Gasteiger partial charge in [-0.05, 0) is 28.8 Å². The van der Waals surface area contributed by atoms with Crippen LogP contribution in [0.3, 0.4) is 0 Å². The molecule has 2 aromatic carbocycles. The predicted octanol–water partition coefficient (Wildman–Crippen LogP) is 5.34. The van der Waals surface area contributed by atoms with E-state index in [9.17, 15) is 0 Å². The van der Waals surface area contributed by atoms with Gasteiger partial charge in [-0.2, -0.15) is 0 Å². The molecule has 0 atom stereocenters. The predicted molar refractivity (Wildman–Crippen MR) is 92.8 cm³/mol. The Morgan fingerprint density at radius 3 is 2.32 bits per heavy atom. The summed E-state index contributed by atoms with van der Waals surface area (Å²) in [6, 6.07) is 17.7. The number of hydrogen-bond acceptors (Lipinski definition) is 1. The average Bonchev–Trinajstić information content (AvgIpc) is 3.07. The van der Waals surface area contributed by atoms with Crippen molar-refractivity contribution in [3.05, 3.63) is 89.5 Å². The summed E-state index contributed by atoms with van der Waals surface area (Å²) in [4.78, 5) is 4.09. The van der Waals surface area contributed by atoms with Gasteiger partial charge in [-0.3, -0.25) is 0 Å². The fraction of sp³-hybridized carbons (Fsp3) is 0.0556. The van der Waals surface area contributed by atoms with Crippen LogP contribution in [0.4, 0.5) is 0 Å². The summed E-state index contributed by atoms with van der Waals surface area (Å²) in [6.07, 6.45) is 5.46. The molecule has 0 saturated heterocycles. The standard InChI is InChI=1S/C18H14Cl2N2/c19-16-8-6-14(7-9-16)17(12-22-11-10-21-13-22)18(20)15-4-2-1-3-5-15/h1-11,13H,12H2/b18-17+. The molecule has 1 aromatic heterocycles. The molecule has 0 bridgehead atoms. The van der Waals surface area contributed by atoms with Crippen molar-refractivity contribution >= 4 is 33.8 Å². The molecular weight excluding hydrogens is 315 g/mol. The van der Waals surface area contributed by atoms with Crippen LogP contribution in [-0.4, -0.2) is 9.55 Å². The number of rotatable bonds is 4. The second kappa shape index (κ2) is 6.82. The highest BCUT2D eigenvalue weighted by Crippen LogP contribution is 2.31. The number of hydrogen-bond donors (Lipinski definition) is 0. The molecule has 0 fully saturated rings. The summed E-state index contributed by atoms with van der Waals surface area (Å²) >= 11 is 12.7. The zero-order chi connectivity index (χ0) is 15.4. The quantitative estimate of drug-likeness (QED) is 0.591. The minimum absolute atomic E-state index is 0.648. The van der Waals surface area contributed by atoms with Crippen molar-refractivity contribution in [1.29, 1.82) is 0 Å². The molecule has 0 aliphatic heterocycles. The van der Waals surface area contributed by atoms with Crippen LogP contribution in [0.5, 0.6) is 0 Å². The minimum atomic E-state index is 0.648. The van der Waals surface area contributed by atoms with Gasteiger partial charge in [-0.1, -0.05) is 65.7 Å². The molecule has 2 nitrogen and oxygen atoms in total. The summed E-state index contributed by atoms with van der Waals surface area (Å²) < 4.78 is 2.00. The normalized spacial score (nSPS) is 12.1. The Morgan fingerprint density at radius 2 is 1.68 bits per heavy atom. The van der Waals surface area contributed by atoms with Crippen molar-refractivity contribution in [1.82, 2.24) is 9.55 Å². The maximum atomic E-state index is 6.68. The Bertz CT molecular complexity index is 761. The van der Waals surface area contributed by atoms with Crippen molar-refractivity contribution in [3.63, 3.8) is 0 Å². The molecule has 0 unspecified atom stereocenters. The van der Waals surface area contributed by atoms with E-state index in [0.29, 0.717) is 11.6 Å². The number of halogens is 2. The molecule has 22 heavy (non-hydrogen) atoms. The monoisotopic (exact) mass is 328 g/mol. The number of aromatic nitrogens is 2. The van der Waals surface area contributed by atoms with Gasteiger partial charge in [0.1, 0.15) is 0 Å². The van der Waals surface area contributed by atoms with Crippen LogP contribution in [0.25, 0.3) is 10.6 Å². The molecule has 0 amide bonds. The smallest absolute Gasteiger partial charge is 0.0949 e. The molecule has 0 aliphatic carbocycles. The molecule has 4 heteroatoms. The SMILES string of the molecule is Cl/C(=C(\Cn1ccnc1)c1ccc(Cl)cc1)c1ccccc1. The topological polar surface area (TPSA) is 17.8 Å². The van der Waals surface area contributed by atoms with Gasteiger partial charge in [-0.15, -0.1) is 0 Å². The first-order valence-electron chi connectivity index (χ1n) is 6.90. The number of benzene rings is 2. The van der Waals surface area contributed by atoms with E-state index in [1.54, 1.807) is 12.5 Å². The third-order valence-electron chi connectivity index (χ3n) is 3.38. The van der Waals surface area contributed by atoms with Gasteiger partial charge in [0, 0.05) is 17.4 Å². The van der Waals surface area contributed by atoms with Gasteiger partial charge in [0.15, 0.2) is 0 Å². The molecule has 110 valence electrons. The average molecular weight is 329 g/mol. The molecule has 3 aromatic rings. The fourth-order valence-corrected chi connectivity index (χ4v) is 2.68. The van der Waals surface area contributed by atoms with Crippen molar-refractivity contribution in [2.45, 2.75) is 6.54 Å². The van der Waals surface area contributed by atoms with E-state index in [1.807, 2.05) is 65.4 Å². The summed E-state index contributed by atoms with van der Waals surface area (Å²) in [5, 5.41) is 1.44. The number of nitrogens with zero attached hydrogens (tertiary/aromatic N) is 2. The Hall–Kier alpha value is -2.03. The van der Waals surface area contributed by atoms with E-state index in [0.717, 1.165) is 21.7 Å². The van der Waals surface area contributed by atoms with E-state index in [2.05, 4.69) is 4.98 Å². The van der Waals surface area contributed by atoms with E-state index in [1.165, 1.54) is 0 Å². The lowest BCUT2D eigenvalue weighted by Gasteiger charge is -2.13. The van der Waals surface area contributed by atoms with Crippen LogP contribution in [0.2, 0.25) is 5.02 Å². The summed E-state index contributed by atoms with van der Waals surface area (Å²) in [6.45, 7) is 0.648. The van der Waals surface area contributed by atoms with Crippen LogP contribution in [-0.2, 0) is 6.54 Å². The maximum absolute atomic E-state index is 6.68. The van der Waals surface area contributed by atoms with Gasteiger partial charge < -0.3 is 4.57 Å². The highest BCUT2D eigenvalue weighted by molar-refractivity contribution is 6.52. The van der Waals surface area contributed by atoms with E-state index < -0.39 is 0 Å². The Labute approximate surface area is 139 Å². The van der Waals surface area contributed by atoms with Crippen molar-refractivity contribution in [2.24, 2.45) is 0 Å². The molecule has 0 saturated carbocycles. The first-order chi connectivity index (χ1) is 10.7. The molecular formula is C18H14Cl2N2. The van der Waals surface area contributed by atoms with Crippen LogP contribution >= 0.6 is 23.2 Å². The molecule has 0 aliphatic rings. The van der Waals surface area contributed by atoms with Gasteiger partial charge in [0.2, 0.25) is 0 Å². The summed E-state index contributed by atoms with van der Waals surface area (Å²) in [5.41, 5.74) is 3.07. The van der Waals surface area contributed by atoms with Crippen LogP contribution in [0.1, 0.15) is 11.1 Å². The Balaban J connectivity index is 2.07. The lowest BCUT2D eigenvalue weighted by atomic mass is 10.0. The van der Waals surface area contributed by atoms with Crippen LogP contribution in [0, 0.1) is 0 Å². The van der Waals surface area contributed by atoms with E-state index in [-0.39, 0.29) is 0 Å². The van der Waals surface area contributed by atoms with Crippen molar-refractivity contribution in [2.75, 3.05) is 0 Å². The van der Waals surface area contributed by atoms with Gasteiger partial charge in [0.25, 0.3) is 0 Å². The number of allylic oxidation sites excluding steroid dienone is 1. The second-order valence-electron chi connectivity index (χ2n) is 4.90. The van der Waals surface area contributed by atoms with E-state index >= 15 is 0 Å². The third-order valence-corrected chi connectivity index (χ3v) is 4.08. The van der Waals surface area contributed by atoms with Crippen molar-refractivity contribution < 1.29 is 0 Å². The van der Waals surface area contributed by atoms with E-state index in [4.69, 9.17) is 23.2 Å². The maximum Gasteiger partial charge on any atom is 0.0949 e. The zero-order valence-electron chi connectivity index (χ0n) is 11.8. The molecule has 1 heterocycles. The minimum Gasteiger partial charge on any atom is -0.333 e. The first kappa shape index (κ1) is 14.9. The van der Waals surface area contributed by atoms with Gasteiger partial charge >= 0.3 is 0 Å². The molecule has 3 rings (SSSR count). The second-order valence-corrected chi connectivity index (χ2v) is 5.71. The fourth-order valence-electron chi connectivity index (χ4n) is 2.26. The highest BCUT2D eigenvalue weighted by Gasteiger charge is 2.10. The largest absolute Gasteiger partial charge is 0.333 e.